The second kappa shape index (κ2) is 10.6. The van der Waals surface area contributed by atoms with E-state index in [1.807, 2.05) is 0 Å². The number of azide groups is 1. The normalized spacial score (nSPS) is 44.1. The lowest BCUT2D eigenvalue weighted by Gasteiger charge is -2.45. The van der Waals surface area contributed by atoms with Gasteiger partial charge in [0.1, 0.15) is 48.8 Å². The van der Waals surface area contributed by atoms with Crippen LogP contribution in [-0.2, 0) is 18.9 Å². The van der Waals surface area contributed by atoms with Gasteiger partial charge in [0.15, 0.2) is 12.6 Å². The zero-order valence-corrected chi connectivity index (χ0v) is 14.7. The summed E-state index contributed by atoms with van der Waals surface area (Å²) in [5.74, 6) is 0. The van der Waals surface area contributed by atoms with Crippen LogP contribution in [0, 0.1) is 0 Å². The van der Waals surface area contributed by atoms with E-state index < -0.39 is 74.6 Å². The van der Waals surface area contributed by atoms with Crippen molar-refractivity contribution in [2.75, 3.05) is 26.4 Å². The molecule has 2 saturated heterocycles. The summed E-state index contributed by atoms with van der Waals surface area (Å²) in [5, 5.41) is 72.1. The van der Waals surface area contributed by atoms with Crippen LogP contribution in [0.4, 0.5) is 0 Å². The van der Waals surface area contributed by atoms with Crippen LogP contribution in [0.15, 0.2) is 5.11 Å². The summed E-state index contributed by atoms with van der Waals surface area (Å²) in [4.78, 5) is 2.53. The van der Waals surface area contributed by atoms with Gasteiger partial charge in [-0.2, -0.15) is 0 Å². The Labute approximate surface area is 159 Å². The summed E-state index contributed by atoms with van der Waals surface area (Å²) in [6, 6.07) is 0. The molecule has 0 aromatic heterocycles. The third-order valence-corrected chi connectivity index (χ3v) is 4.50. The van der Waals surface area contributed by atoms with E-state index in [9.17, 15) is 35.7 Å². The van der Waals surface area contributed by atoms with Crippen LogP contribution in [0.3, 0.4) is 0 Å². The van der Waals surface area contributed by atoms with Crippen molar-refractivity contribution in [3.05, 3.63) is 10.4 Å². The molecule has 2 fully saturated rings. The molecule has 28 heavy (non-hydrogen) atoms. The van der Waals surface area contributed by atoms with Gasteiger partial charge in [0.05, 0.1) is 19.8 Å². The largest absolute Gasteiger partial charge is 0.394 e. The van der Waals surface area contributed by atoms with Crippen molar-refractivity contribution in [2.24, 2.45) is 5.11 Å². The van der Waals surface area contributed by atoms with Crippen molar-refractivity contribution in [1.82, 2.24) is 0 Å². The predicted octanol–water partition coefficient (Wildman–Crippen LogP) is -4.06. The molecule has 10 atom stereocenters. The minimum atomic E-state index is -1.74. The topological polar surface area (TPSA) is 227 Å². The maximum Gasteiger partial charge on any atom is 0.187 e. The number of ether oxygens (including phenoxy) is 4. The molecule has 14 nitrogen and oxygen atoms in total. The van der Waals surface area contributed by atoms with E-state index in [0.29, 0.717) is 0 Å². The van der Waals surface area contributed by atoms with Gasteiger partial charge in [0.25, 0.3) is 0 Å². The van der Waals surface area contributed by atoms with Gasteiger partial charge in [-0.25, -0.2) is 0 Å². The lowest BCUT2D eigenvalue weighted by atomic mass is 9.97. The first kappa shape index (κ1) is 23.2. The summed E-state index contributed by atoms with van der Waals surface area (Å²) in [5.41, 5.74) is 8.21. The SMILES string of the molecule is [N-]=[N+]=NCCOC1O[C@H](CO)[C@@H](O[C@@H]2O[C@H](CO)[C@H](O)[C@H](O)[C@H]2O)[C@H](O)[C@H]1O. The molecule has 0 aliphatic carbocycles. The van der Waals surface area contributed by atoms with Crippen molar-refractivity contribution in [3.8, 4) is 0 Å². The van der Waals surface area contributed by atoms with E-state index in [-0.39, 0.29) is 13.2 Å². The monoisotopic (exact) mass is 411 g/mol. The second-order valence-electron chi connectivity index (χ2n) is 6.33. The Morgan fingerprint density at radius 3 is 2.04 bits per heavy atom. The summed E-state index contributed by atoms with van der Waals surface area (Å²) < 4.78 is 21.1. The molecule has 162 valence electrons. The van der Waals surface area contributed by atoms with Crippen molar-refractivity contribution >= 4 is 0 Å². The van der Waals surface area contributed by atoms with Gasteiger partial charge in [0, 0.05) is 11.5 Å². The fourth-order valence-electron chi connectivity index (χ4n) is 2.95. The van der Waals surface area contributed by atoms with E-state index >= 15 is 0 Å². The number of hydrogen-bond donors (Lipinski definition) is 7. The Kier molecular flexibility index (Phi) is 8.76. The first-order chi connectivity index (χ1) is 13.3. The minimum absolute atomic E-state index is 0.0479. The molecule has 0 aromatic carbocycles. The lowest BCUT2D eigenvalue weighted by Crippen LogP contribution is -2.64. The highest BCUT2D eigenvalue weighted by atomic mass is 16.7. The number of hydrogen-bond acceptors (Lipinski definition) is 12. The molecule has 0 saturated carbocycles. The summed E-state index contributed by atoms with van der Waals surface area (Å²) in [7, 11) is 0. The molecule has 0 amide bonds. The molecule has 14 heteroatoms. The average molecular weight is 411 g/mol. The van der Waals surface area contributed by atoms with E-state index in [0.717, 1.165) is 0 Å². The van der Waals surface area contributed by atoms with Gasteiger partial charge in [-0.1, -0.05) is 5.11 Å². The number of aliphatic hydroxyl groups is 7. The standard InChI is InChI=1S/C14H25N3O11/c15-17-16-1-2-25-13-11(24)9(22)12(6(4-19)27-13)28-14-10(23)8(21)7(20)5(3-18)26-14/h5-14,18-24H,1-4H2/t5-,6-,7+,8+,9-,10-,11-,12-,13?,14+/m1/s1. The Bertz CT molecular complexity index is 533. The van der Waals surface area contributed by atoms with Gasteiger partial charge in [-0.05, 0) is 5.53 Å². The van der Waals surface area contributed by atoms with Crippen LogP contribution in [-0.4, -0.2) is 124 Å². The molecule has 2 aliphatic rings. The molecule has 0 spiro atoms. The number of nitrogens with zero attached hydrogens (tertiary/aromatic N) is 3. The fourth-order valence-corrected chi connectivity index (χ4v) is 2.95. The molecule has 7 N–H and O–H groups in total. The highest BCUT2D eigenvalue weighted by Gasteiger charge is 2.50. The molecule has 2 rings (SSSR count). The van der Waals surface area contributed by atoms with E-state index in [2.05, 4.69) is 10.0 Å². The zero-order valence-electron chi connectivity index (χ0n) is 14.7. The molecule has 0 aromatic rings. The first-order valence-corrected chi connectivity index (χ1v) is 8.56. The quantitative estimate of drug-likeness (QED) is 0.0879. The van der Waals surface area contributed by atoms with Gasteiger partial charge in [0.2, 0.25) is 0 Å². The van der Waals surface area contributed by atoms with Crippen molar-refractivity contribution in [1.29, 1.82) is 0 Å². The Balaban J connectivity index is 2.05. The highest BCUT2D eigenvalue weighted by Crippen LogP contribution is 2.29. The van der Waals surface area contributed by atoms with Crippen LogP contribution < -0.4 is 0 Å². The fraction of sp³-hybridized carbons (Fsp3) is 1.00. The van der Waals surface area contributed by atoms with Gasteiger partial charge in [-0.15, -0.1) is 0 Å². The second-order valence-corrected chi connectivity index (χ2v) is 6.33. The van der Waals surface area contributed by atoms with Gasteiger partial charge >= 0.3 is 0 Å². The maximum absolute atomic E-state index is 10.3. The molecular weight excluding hydrogens is 386 g/mol. The third-order valence-electron chi connectivity index (χ3n) is 4.50. The third kappa shape index (κ3) is 5.07. The molecule has 2 aliphatic heterocycles. The van der Waals surface area contributed by atoms with Crippen molar-refractivity contribution in [2.45, 2.75) is 61.4 Å². The van der Waals surface area contributed by atoms with Crippen LogP contribution in [0.1, 0.15) is 0 Å². The van der Waals surface area contributed by atoms with Crippen LogP contribution in [0.5, 0.6) is 0 Å². The van der Waals surface area contributed by atoms with Crippen molar-refractivity contribution < 1.29 is 54.7 Å². The lowest BCUT2D eigenvalue weighted by molar-refractivity contribution is -0.359. The Morgan fingerprint density at radius 2 is 1.43 bits per heavy atom. The smallest absolute Gasteiger partial charge is 0.187 e. The maximum atomic E-state index is 10.3. The minimum Gasteiger partial charge on any atom is -0.394 e. The van der Waals surface area contributed by atoms with E-state index in [1.165, 1.54) is 0 Å². The summed E-state index contributed by atoms with van der Waals surface area (Å²) >= 11 is 0. The van der Waals surface area contributed by atoms with Gasteiger partial charge in [-0.3, -0.25) is 0 Å². The molecule has 0 bridgehead atoms. The van der Waals surface area contributed by atoms with E-state index in [1.54, 1.807) is 0 Å². The molecule has 2 heterocycles. The van der Waals surface area contributed by atoms with Gasteiger partial charge < -0.3 is 54.7 Å². The molecule has 1 unspecified atom stereocenters. The predicted molar refractivity (Wildman–Crippen MR) is 86.4 cm³/mol. The first-order valence-electron chi connectivity index (χ1n) is 8.56. The Hall–Kier alpha value is -1.13. The van der Waals surface area contributed by atoms with E-state index in [4.69, 9.17) is 24.5 Å². The highest BCUT2D eigenvalue weighted by molar-refractivity contribution is 4.94. The number of aliphatic hydroxyl groups excluding tert-OH is 7. The molecule has 0 radical (unpaired) electrons. The zero-order chi connectivity index (χ0) is 20.8. The van der Waals surface area contributed by atoms with Crippen LogP contribution in [0.2, 0.25) is 0 Å². The molecular formula is C14H25N3O11. The van der Waals surface area contributed by atoms with Crippen LogP contribution in [0.25, 0.3) is 10.4 Å². The Morgan fingerprint density at radius 1 is 0.821 bits per heavy atom. The average Bonchev–Trinajstić information content (AvgIpc) is 2.70. The number of rotatable bonds is 8. The van der Waals surface area contributed by atoms with Crippen LogP contribution >= 0.6 is 0 Å². The van der Waals surface area contributed by atoms with Crippen molar-refractivity contribution in [3.63, 3.8) is 0 Å². The summed E-state index contributed by atoms with van der Waals surface area (Å²) in [6.07, 6.45) is -15.1. The summed E-state index contributed by atoms with van der Waals surface area (Å²) in [6.45, 7) is -1.51.